The molecule has 0 saturated carbocycles. The Morgan fingerprint density at radius 3 is 2.73 bits per heavy atom. The van der Waals surface area contributed by atoms with Crippen LogP contribution in [0, 0.1) is 6.92 Å². The molecule has 1 aromatic heterocycles. The number of benzene rings is 2. The van der Waals surface area contributed by atoms with E-state index in [0.717, 1.165) is 26.4 Å². The van der Waals surface area contributed by atoms with E-state index in [1.165, 1.54) is 0 Å². The highest BCUT2D eigenvalue weighted by atomic mass is 79.9. The van der Waals surface area contributed by atoms with Crippen LogP contribution in [-0.4, -0.2) is 10.9 Å². The van der Waals surface area contributed by atoms with Crippen molar-refractivity contribution in [2.45, 2.75) is 6.92 Å². The highest BCUT2D eigenvalue weighted by Crippen LogP contribution is 2.25. The Kier molecular flexibility index (Phi) is 4.36. The molecule has 0 aliphatic heterocycles. The van der Waals surface area contributed by atoms with Crippen LogP contribution in [0.25, 0.3) is 11.3 Å². The summed E-state index contributed by atoms with van der Waals surface area (Å²) in [6.07, 6.45) is 0. The molecule has 0 bridgehead atoms. The molecule has 3 nitrogen and oxygen atoms in total. The summed E-state index contributed by atoms with van der Waals surface area (Å²) in [5.41, 5.74) is 3.29. The minimum atomic E-state index is -0.140. The van der Waals surface area contributed by atoms with Crippen molar-refractivity contribution >= 4 is 38.9 Å². The van der Waals surface area contributed by atoms with Crippen LogP contribution in [0.2, 0.25) is 0 Å². The molecule has 5 heteroatoms. The van der Waals surface area contributed by atoms with Crippen molar-refractivity contribution in [2.24, 2.45) is 0 Å². The van der Waals surface area contributed by atoms with Gasteiger partial charge in [-0.2, -0.15) is 0 Å². The van der Waals surface area contributed by atoms with Crippen molar-refractivity contribution in [3.05, 3.63) is 69.0 Å². The highest BCUT2D eigenvalue weighted by Gasteiger charge is 2.10. The number of hydrogen-bond donors (Lipinski definition) is 1. The summed E-state index contributed by atoms with van der Waals surface area (Å²) in [5.74, 6) is -0.140. The van der Waals surface area contributed by atoms with Crippen molar-refractivity contribution in [3.63, 3.8) is 0 Å². The number of nitrogens with one attached hydrogen (secondary N) is 1. The van der Waals surface area contributed by atoms with Gasteiger partial charge in [-0.3, -0.25) is 4.79 Å². The zero-order chi connectivity index (χ0) is 15.5. The van der Waals surface area contributed by atoms with Crippen LogP contribution in [0.3, 0.4) is 0 Å². The standard InChI is InChI=1S/C17H13BrN2OS/c1-11-19-16(10-22-11)12-5-4-6-13(9-12)20-17(21)14-7-2-3-8-15(14)18/h2-10H,1H3,(H,20,21). The summed E-state index contributed by atoms with van der Waals surface area (Å²) in [6, 6.07) is 15.1. The molecule has 1 N–H and O–H groups in total. The van der Waals surface area contributed by atoms with Gasteiger partial charge in [0, 0.05) is 21.1 Å². The summed E-state index contributed by atoms with van der Waals surface area (Å²) in [5, 5.41) is 5.97. The zero-order valence-corrected chi connectivity index (χ0v) is 14.2. The van der Waals surface area contributed by atoms with Crippen molar-refractivity contribution < 1.29 is 4.79 Å². The van der Waals surface area contributed by atoms with Gasteiger partial charge >= 0.3 is 0 Å². The van der Waals surface area contributed by atoms with E-state index in [9.17, 15) is 4.79 Å². The number of thiazole rings is 1. The maximum atomic E-state index is 12.3. The van der Waals surface area contributed by atoms with Gasteiger partial charge < -0.3 is 5.32 Å². The third-order valence-electron chi connectivity index (χ3n) is 3.15. The summed E-state index contributed by atoms with van der Waals surface area (Å²) in [4.78, 5) is 16.8. The van der Waals surface area contributed by atoms with E-state index in [1.54, 1.807) is 17.4 Å². The maximum absolute atomic E-state index is 12.3. The van der Waals surface area contributed by atoms with Crippen LogP contribution in [0.15, 0.2) is 58.4 Å². The lowest BCUT2D eigenvalue weighted by Gasteiger charge is -2.08. The van der Waals surface area contributed by atoms with Gasteiger partial charge in [0.05, 0.1) is 16.3 Å². The fourth-order valence-electron chi connectivity index (χ4n) is 2.10. The molecular weight excluding hydrogens is 360 g/mol. The fourth-order valence-corrected chi connectivity index (χ4v) is 3.18. The molecule has 0 unspecified atom stereocenters. The molecular formula is C17H13BrN2OS. The van der Waals surface area contributed by atoms with Gasteiger partial charge in [-0.15, -0.1) is 11.3 Å². The summed E-state index contributed by atoms with van der Waals surface area (Å²) in [7, 11) is 0. The number of aryl methyl sites for hydroxylation is 1. The summed E-state index contributed by atoms with van der Waals surface area (Å²) < 4.78 is 0.777. The average molecular weight is 373 g/mol. The second-order valence-electron chi connectivity index (χ2n) is 4.77. The van der Waals surface area contributed by atoms with Gasteiger partial charge in [0.25, 0.3) is 5.91 Å². The third-order valence-corrected chi connectivity index (χ3v) is 4.62. The number of aromatic nitrogens is 1. The van der Waals surface area contributed by atoms with E-state index in [4.69, 9.17) is 0 Å². The Hall–Kier alpha value is -1.98. The minimum Gasteiger partial charge on any atom is -0.322 e. The SMILES string of the molecule is Cc1nc(-c2cccc(NC(=O)c3ccccc3Br)c2)cs1. The molecule has 0 fully saturated rings. The van der Waals surface area contributed by atoms with E-state index in [0.29, 0.717) is 5.56 Å². The second-order valence-corrected chi connectivity index (χ2v) is 6.68. The van der Waals surface area contributed by atoms with Crippen molar-refractivity contribution in [1.82, 2.24) is 4.98 Å². The first-order chi connectivity index (χ1) is 10.6. The van der Waals surface area contributed by atoms with Crippen LogP contribution < -0.4 is 5.32 Å². The van der Waals surface area contributed by atoms with Gasteiger partial charge in [0.1, 0.15) is 0 Å². The molecule has 22 heavy (non-hydrogen) atoms. The zero-order valence-electron chi connectivity index (χ0n) is 11.8. The predicted octanol–water partition coefficient (Wildman–Crippen LogP) is 5.13. The topological polar surface area (TPSA) is 42.0 Å². The number of rotatable bonds is 3. The number of amides is 1. The lowest BCUT2D eigenvalue weighted by atomic mass is 10.1. The van der Waals surface area contributed by atoms with E-state index in [-0.39, 0.29) is 5.91 Å². The lowest BCUT2D eigenvalue weighted by Crippen LogP contribution is -2.12. The van der Waals surface area contributed by atoms with Crippen LogP contribution in [0.1, 0.15) is 15.4 Å². The molecule has 0 saturated heterocycles. The Morgan fingerprint density at radius 2 is 2.00 bits per heavy atom. The number of carbonyl (C=O) groups is 1. The van der Waals surface area contributed by atoms with Crippen molar-refractivity contribution in [2.75, 3.05) is 5.32 Å². The second kappa shape index (κ2) is 6.42. The van der Waals surface area contributed by atoms with E-state index in [1.807, 2.05) is 54.8 Å². The first kappa shape index (κ1) is 14.9. The molecule has 3 aromatic rings. The van der Waals surface area contributed by atoms with Gasteiger partial charge in [-0.1, -0.05) is 24.3 Å². The van der Waals surface area contributed by atoms with Gasteiger partial charge in [0.2, 0.25) is 0 Å². The van der Waals surface area contributed by atoms with E-state index >= 15 is 0 Å². The largest absolute Gasteiger partial charge is 0.322 e. The maximum Gasteiger partial charge on any atom is 0.256 e. The molecule has 0 aliphatic rings. The van der Waals surface area contributed by atoms with Crippen molar-refractivity contribution in [3.8, 4) is 11.3 Å². The number of halogens is 1. The molecule has 3 rings (SSSR count). The lowest BCUT2D eigenvalue weighted by molar-refractivity contribution is 0.102. The van der Waals surface area contributed by atoms with Crippen molar-refractivity contribution in [1.29, 1.82) is 0 Å². The van der Waals surface area contributed by atoms with Crippen LogP contribution in [-0.2, 0) is 0 Å². The van der Waals surface area contributed by atoms with Crippen LogP contribution in [0.4, 0.5) is 5.69 Å². The number of nitrogens with zero attached hydrogens (tertiary/aromatic N) is 1. The first-order valence-corrected chi connectivity index (χ1v) is 8.39. The minimum absolute atomic E-state index is 0.140. The Balaban J connectivity index is 1.84. The molecule has 1 heterocycles. The van der Waals surface area contributed by atoms with Gasteiger partial charge in [-0.25, -0.2) is 4.98 Å². The Bertz CT molecular complexity index is 829. The monoisotopic (exact) mass is 372 g/mol. The third kappa shape index (κ3) is 3.26. The Labute approximate surface area is 141 Å². The van der Waals surface area contributed by atoms with E-state index < -0.39 is 0 Å². The molecule has 0 atom stereocenters. The van der Waals surface area contributed by atoms with Crippen LogP contribution in [0.5, 0.6) is 0 Å². The van der Waals surface area contributed by atoms with Gasteiger partial charge in [-0.05, 0) is 47.1 Å². The first-order valence-electron chi connectivity index (χ1n) is 6.72. The fraction of sp³-hybridized carbons (Fsp3) is 0.0588. The quantitative estimate of drug-likeness (QED) is 0.691. The number of anilines is 1. The molecule has 0 aliphatic carbocycles. The molecule has 1 amide bonds. The number of carbonyl (C=O) groups excluding carboxylic acids is 1. The van der Waals surface area contributed by atoms with Crippen LogP contribution >= 0.6 is 27.3 Å². The highest BCUT2D eigenvalue weighted by molar-refractivity contribution is 9.10. The smallest absolute Gasteiger partial charge is 0.256 e. The van der Waals surface area contributed by atoms with E-state index in [2.05, 4.69) is 26.2 Å². The summed E-state index contributed by atoms with van der Waals surface area (Å²) >= 11 is 5.01. The molecule has 0 radical (unpaired) electrons. The van der Waals surface area contributed by atoms with Gasteiger partial charge in [0.15, 0.2) is 0 Å². The average Bonchev–Trinajstić information content (AvgIpc) is 2.94. The molecule has 2 aromatic carbocycles. The molecule has 0 spiro atoms. The Morgan fingerprint density at radius 1 is 1.18 bits per heavy atom. The molecule has 110 valence electrons. The normalized spacial score (nSPS) is 10.5. The summed E-state index contributed by atoms with van der Waals surface area (Å²) in [6.45, 7) is 1.98. The number of hydrogen-bond acceptors (Lipinski definition) is 3. The predicted molar refractivity (Wildman–Crippen MR) is 94.4 cm³/mol.